The minimum Gasteiger partial charge on any atom is -0.374 e. The summed E-state index contributed by atoms with van der Waals surface area (Å²) in [4.78, 5) is 0. The van der Waals surface area contributed by atoms with Crippen molar-refractivity contribution < 1.29 is 52.5 Å². The molecule has 7 aromatic carbocycles. The zero-order valence-corrected chi connectivity index (χ0v) is 40.4. The van der Waals surface area contributed by atoms with Crippen LogP contribution in [0.1, 0.15) is 38.9 Å². The Labute approximate surface area is 423 Å². The number of ether oxygens (including phenoxy) is 10. The predicted molar refractivity (Wildman–Crippen MR) is 272 cm³/mol. The maximum atomic E-state index is 12.0. The quantitative estimate of drug-likeness (QED) is 0.0591. The number of benzene rings is 7. The van der Waals surface area contributed by atoms with Crippen LogP contribution in [0.3, 0.4) is 0 Å². The van der Waals surface area contributed by atoms with Crippen LogP contribution < -0.4 is 0 Å². The molecule has 0 aromatic heterocycles. The Morgan fingerprint density at radius 3 is 0.917 bits per heavy atom. The second-order valence-corrected chi connectivity index (χ2v) is 18.0. The van der Waals surface area contributed by atoms with Crippen molar-refractivity contribution in [1.29, 1.82) is 0 Å². The molecule has 0 aliphatic carbocycles. The Balaban J connectivity index is 1.04. The maximum Gasteiger partial charge on any atom is 0.187 e. The molecular weight excluding hydrogens is 909 g/mol. The minimum atomic E-state index is -1.41. The first-order chi connectivity index (χ1) is 35.6. The molecule has 374 valence electrons. The smallest absolute Gasteiger partial charge is 0.187 e. The summed E-state index contributed by atoms with van der Waals surface area (Å²) in [5, 5.41) is 12.0. The molecule has 0 radical (unpaired) electrons. The number of aliphatic hydroxyl groups excluding tert-OH is 1. The summed E-state index contributed by atoms with van der Waals surface area (Å²) in [6, 6.07) is 69.7. The lowest BCUT2D eigenvalue weighted by molar-refractivity contribution is -0.349. The molecule has 2 heterocycles. The minimum absolute atomic E-state index is 0.0957. The molecular formula is C61H64O11. The Morgan fingerprint density at radius 2 is 0.556 bits per heavy atom. The summed E-state index contributed by atoms with van der Waals surface area (Å²) in [7, 11) is 0. The lowest BCUT2D eigenvalue weighted by atomic mass is 9.97. The van der Waals surface area contributed by atoms with Crippen LogP contribution in [-0.4, -0.2) is 79.7 Å². The monoisotopic (exact) mass is 972 g/mol. The van der Waals surface area contributed by atoms with Crippen LogP contribution in [-0.2, 0) is 93.6 Å². The fraction of sp³-hybridized carbons (Fsp3) is 0.311. The Hall–Kier alpha value is -5.90. The lowest BCUT2D eigenvalue weighted by Gasteiger charge is -2.47. The van der Waals surface area contributed by atoms with E-state index < -0.39 is 61.4 Å². The first kappa shape index (κ1) is 51.0. The van der Waals surface area contributed by atoms with Gasteiger partial charge in [0, 0.05) is 0 Å². The molecule has 9 rings (SSSR count). The summed E-state index contributed by atoms with van der Waals surface area (Å²) in [6.07, 6.45) is -8.74. The third-order valence-electron chi connectivity index (χ3n) is 12.7. The standard InChI is InChI=1S/C61H64O11/c62-60-58(68-41-50-32-18-6-19-33-50)56(66-39-48-28-14-4-15-29-48)55(65-38-47-26-12-3-13-27-47)53(71-60)44-70-61-59(69-42-51-34-20-7-21-35-51)57(67-40-49-30-16-5-17-31-49)54(64-37-46-24-10-2-11-25-46)52(72-61)43-63-36-45-22-8-1-9-23-45/h1-35,52-62H,36-44H2/t52-,53-,54+,55-,56+,57+,58-,59-,60+,61?/m1/s1. The van der Waals surface area contributed by atoms with Crippen molar-refractivity contribution in [2.24, 2.45) is 0 Å². The molecule has 11 heteroatoms. The van der Waals surface area contributed by atoms with Crippen LogP contribution in [0.5, 0.6) is 0 Å². The van der Waals surface area contributed by atoms with Crippen molar-refractivity contribution in [2.45, 2.75) is 108 Å². The highest BCUT2D eigenvalue weighted by atomic mass is 16.7. The molecule has 0 bridgehead atoms. The SMILES string of the molecule is O[C@H]1O[C@H](COC2O[C@H](COCc3ccccc3)[C@H](OCc3ccccc3)[C@H](OCc3ccccc3)[C@H]2OCc2ccccc2)[C@@H](OCc2ccccc2)[C@H](OCc2ccccc2)[C@H]1OCc1ccccc1. The zero-order valence-electron chi connectivity index (χ0n) is 40.4. The van der Waals surface area contributed by atoms with E-state index in [1.54, 1.807) is 0 Å². The number of hydrogen-bond acceptors (Lipinski definition) is 11. The van der Waals surface area contributed by atoms with Crippen LogP contribution >= 0.6 is 0 Å². The maximum absolute atomic E-state index is 12.0. The van der Waals surface area contributed by atoms with Crippen LogP contribution in [0.15, 0.2) is 212 Å². The molecule has 72 heavy (non-hydrogen) atoms. The normalized spacial score (nSPS) is 24.2. The Kier molecular flexibility index (Phi) is 19.3. The first-order valence-electron chi connectivity index (χ1n) is 24.8. The van der Waals surface area contributed by atoms with E-state index in [0.717, 1.165) is 38.9 Å². The van der Waals surface area contributed by atoms with Crippen LogP contribution in [0.25, 0.3) is 0 Å². The van der Waals surface area contributed by atoms with Gasteiger partial charge in [-0.25, -0.2) is 0 Å². The van der Waals surface area contributed by atoms with Gasteiger partial charge < -0.3 is 52.5 Å². The van der Waals surface area contributed by atoms with E-state index in [2.05, 4.69) is 0 Å². The van der Waals surface area contributed by atoms with Crippen molar-refractivity contribution in [1.82, 2.24) is 0 Å². The van der Waals surface area contributed by atoms with E-state index in [1.807, 2.05) is 212 Å². The van der Waals surface area contributed by atoms with Crippen LogP contribution in [0.2, 0.25) is 0 Å². The Morgan fingerprint density at radius 1 is 0.278 bits per heavy atom. The molecule has 7 aromatic rings. The van der Waals surface area contributed by atoms with Crippen molar-refractivity contribution in [3.63, 3.8) is 0 Å². The van der Waals surface area contributed by atoms with Gasteiger partial charge in [0.15, 0.2) is 12.6 Å². The molecule has 1 N–H and O–H groups in total. The van der Waals surface area contributed by atoms with Crippen LogP contribution in [0.4, 0.5) is 0 Å². The molecule has 11 nitrogen and oxygen atoms in total. The van der Waals surface area contributed by atoms with E-state index >= 15 is 0 Å². The molecule has 1 unspecified atom stereocenters. The van der Waals surface area contributed by atoms with E-state index in [1.165, 1.54) is 0 Å². The predicted octanol–water partition coefficient (Wildman–Crippen LogP) is 10.2. The van der Waals surface area contributed by atoms with Gasteiger partial charge in [0.2, 0.25) is 0 Å². The Bertz CT molecular complexity index is 2550. The molecule has 10 atom stereocenters. The second-order valence-electron chi connectivity index (χ2n) is 18.0. The fourth-order valence-electron chi connectivity index (χ4n) is 8.97. The molecule has 0 spiro atoms. The van der Waals surface area contributed by atoms with Crippen LogP contribution in [0, 0.1) is 0 Å². The molecule has 0 saturated carbocycles. The molecule has 2 aliphatic heterocycles. The molecule has 2 aliphatic rings. The summed E-state index contributed by atoms with van der Waals surface area (Å²) in [5.41, 5.74) is 6.80. The van der Waals surface area contributed by atoms with E-state index in [-0.39, 0.29) is 52.9 Å². The fourth-order valence-corrected chi connectivity index (χ4v) is 8.97. The zero-order chi connectivity index (χ0) is 49.0. The van der Waals surface area contributed by atoms with Gasteiger partial charge in [0.05, 0.1) is 59.5 Å². The largest absolute Gasteiger partial charge is 0.374 e. The van der Waals surface area contributed by atoms with Crippen molar-refractivity contribution >= 4 is 0 Å². The van der Waals surface area contributed by atoms with Crippen molar-refractivity contribution in [3.8, 4) is 0 Å². The van der Waals surface area contributed by atoms with Gasteiger partial charge in [0.25, 0.3) is 0 Å². The van der Waals surface area contributed by atoms with Gasteiger partial charge in [-0.1, -0.05) is 212 Å². The highest BCUT2D eigenvalue weighted by molar-refractivity contribution is 5.19. The highest BCUT2D eigenvalue weighted by Crippen LogP contribution is 2.34. The second kappa shape index (κ2) is 27.2. The van der Waals surface area contributed by atoms with Gasteiger partial charge in [-0.3, -0.25) is 0 Å². The number of aliphatic hydroxyl groups is 1. The molecule has 2 saturated heterocycles. The molecule has 0 amide bonds. The number of hydrogen-bond donors (Lipinski definition) is 1. The first-order valence-corrected chi connectivity index (χ1v) is 24.8. The van der Waals surface area contributed by atoms with Crippen molar-refractivity contribution in [2.75, 3.05) is 13.2 Å². The number of rotatable bonds is 25. The third kappa shape index (κ3) is 14.8. The van der Waals surface area contributed by atoms with Gasteiger partial charge in [-0.2, -0.15) is 0 Å². The van der Waals surface area contributed by atoms with E-state index in [9.17, 15) is 5.11 Å². The van der Waals surface area contributed by atoms with Gasteiger partial charge >= 0.3 is 0 Å². The van der Waals surface area contributed by atoms with Gasteiger partial charge in [0.1, 0.15) is 48.8 Å². The average molecular weight is 973 g/mol. The molecule has 2 fully saturated rings. The van der Waals surface area contributed by atoms with Gasteiger partial charge in [-0.05, 0) is 38.9 Å². The third-order valence-corrected chi connectivity index (χ3v) is 12.7. The van der Waals surface area contributed by atoms with E-state index in [4.69, 9.17) is 47.4 Å². The lowest BCUT2D eigenvalue weighted by Crippen LogP contribution is -2.63. The van der Waals surface area contributed by atoms with E-state index in [0.29, 0.717) is 6.61 Å². The topological polar surface area (TPSA) is 113 Å². The summed E-state index contributed by atoms with van der Waals surface area (Å²) in [5.74, 6) is 0. The summed E-state index contributed by atoms with van der Waals surface area (Å²) < 4.78 is 67.9. The highest BCUT2D eigenvalue weighted by Gasteiger charge is 2.52. The summed E-state index contributed by atoms with van der Waals surface area (Å²) in [6.45, 7) is 1.89. The van der Waals surface area contributed by atoms with Crippen molar-refractivity contribution in [3.05, 3.63) is 251 Å². The average Bonchev–Trinajstić information content (AvgIpc) is 3.44. The summed E-state index contributed by atoms with van der Waals surface area (Å²) >= 11 is 0. The van der Waals surface area contributed by atoms with Gasteiger partial charge in [-0.15, -0.1) is 0 Å².